The quantitative estimate of drug-likeness (QED) is 0.102. The first-order valence-corrected chi connectivity index (χ1v) is 49.5. The fraction of sp³-hybridized carbons (Fsp3) is 0.118. The predicted octanol–water partition coefficient (Wildman–Crippen LogP) is 36.2. The molecular weight excluding hydrogens is 1690 g/mol. The van der Waals surface area contributed by atoms with Gasteiger partial charge in [-0.15, -0.1) is 0 Å². The number of anilines is 6. The van der Waals surface area contributed by atoms with Crippen LogP contribution in [-0.4, -0.2) is 0 Å². The van der Waals surface area contributed by atoms with E-state index in [1.54, 1.807) is 0 Å². The maximum atomic E-state index is 7.57. The van der Waals surface area contributed by atoms with Gasteiger partial charge >= 0.3 is 0 Å². The molecular formula is C136H102N2O2. The Balaban J connectivity index is 0.593. The first kappa shape index (κ1) is 83.0. The average Bonchev–Trinajstić information content (AvgIpc) is 1.50. The lowest BCUT2D eigenvalue weighted by Crippen LogP contribution is -2.28. The molecule has 2 heterocycles. The standard InChI is InChI=1S/C136H102N2O2/c1-131(2,3)87-69-74-93-94-75-70-88(80-120(94)136(119(93)79-87)114-60-28-17-43-92(114)110-82-90(72-77-116(110)136)138(123-65-31-22-46-97(123)103-53-34-55-105-99-48-24-33-67-125(99)139-129(103)105)122-64-30-21-45-96(122)102-52-37-62-118-128(102)108-50-19-26-58-112(108)134(118,8)9)132(4,5)83-84-68-73-100-106-56-35-54-104(130(106)140-126(100)78-84)98-47-23-32-66-124(98)137(121-63-29-20-44-95(121)101-51-36-61-117-127(101)107-49-18-25-57-111(107)133(117,6)7)89-71-76-115-109(81-89)91-42-16-27-59-113(91)135(115,85-38-12-10-13-39-85)86-40-14-11-15-41-86/h10-82H,83H2,1-9H3. The Morgan fingerprint density at radius 3 is 1.06 bits per heavy atom. The minimum atomic E-state index is -0.688. The Hall–Kier alpha value is -16.4. The van der Waals surface area contributed by atoms with Crippen molar-refractivity contribution in [3.8, 4) is 100 Å². The molecule has 0 saturated heterocycles. The minimum Gasteiger partial charge on any atom is -0.455 e. The van der Waals surface area contributed by atoms with E-state index in [0.29, 0.717) is 0 Å². The molecule has 27 rings (SSSR count). The summed E-state index contributed by atoms with van der Waals surface area (Å²) in [5, 5.41) is 4.36. The summed E-state index contributed by atoms with van der Waals surface area (Å²) in [5.74, 6) is 0. The SMILES string of the molecule is CC(C)(C)c1ccc2c(c1)C1(c3ccccc3-c3cc(N(c4ccccc4-c4cccc5c4-c4ccccc4C5(C)C)c4ccccc4-c4cccc5c4oc4ccccc45)ccc31)c1cc(C(C)(C)Cc3ccc4c(c3)oc3c(-c5ccccc5N(c5ccc6c(c5)-c5ccccc5C6(c5ccccc5)c5ccccc5)c5ccccc5-c5cccc6c5-c5ccccc5C6(C)C)cccc34)ccc1-2. The van der Waals surface area contributed by atoms with Gasteiger partial charge in [0.2, 0.25) is 0 Å². The van der Waals surface area contributed by atoms with Crippen molar-refractivity contribution in [1.29, 1.82) is 0 Å². The molecule has 0 bridgehead atoms. The summed E-state index contributed by atoms with van der Waals surface area (Å²) in [6, 6.07) is 168. The van der Waals surface area contributed by atoms with Crippen molar-refractivity contribution in [2.45, 2.75) is 101 Å². The molecule has 1 atom stereocenters. The van der Waals surface area contributed by atoms with Gasteiger partial charge in [0, 0.05) is 77.1 Å². The summed E-state index contributed by atoms with van der Waals surface area (Å²) in [6.07, 6.45) is 0.754. The molecule has 22 aromatic rings. The lowest BCUT2D eigenvalue weighted by Gasteiger charge is -2.34. The van der Waals surface area contributed by atoms with E-state index >= 15 is 0 Å². The number of rotatable bonds is 15. The number of benzene rings is 20. The fourth-order valence-corrected chi connectivity index (χ4v) is 25.9. The van der Waals surface area contributed by atoms with Crippen molar-refractivity contribution in [2.24, 2.45) is 0 Å². The zero-order chi connectivity index (χ0) is 94.0. The molecule has 0 saturated carbocycles. The number of hydrogen-bond acceptors (Lipinski definition) is 4. The second kappa shape index (κ2) is 30.8. The zero-order valence-corrected chi connectivity index (χ0v) is 80.1. The molecule has 668 valence electrons. The van der Waals surface area contributed by atoms with Crippen LogP contribution in [0.2, 0.25) is 0 Å². The topological polar surface area (TPSA) is 32.8 Å². The van der Waals surface area contributed by atoms with Crippen molar-refractivity contribution in [2.75, 3.05) is 9.80 Å². The number of nitrogens with zero attached hydrogens (tertiary/aromatic N) is 2. The van der Waals surface area contributed by atoms with Crippen LogP contribution in [0.4, 0.5) is 34.1 Å². The van der Waals surface area contributed by atoms with E-state index in [0.717, 1.165) is 118 Å². The normalized spacial score (nSPS) is 15.0. The van der Waals surface area contributed by atoms with Crippen LogP contribution in [0.1, 0.15) is 146 Å². The number of hydrogen-bond donors (Lipinski definition) is 0. The van der Waals surface area contributed by atoms with E-state index < -0.39 is 10.8 Å². The second-order valence-corrected chi connectivity index (χ2v) is 42.0. The van der Waals surface area contributed by atoms with Crippen LogP contribution in [0.25, 0.3) is 144 Å². The first-order valence-electron chi connectivity index (χ1n) is 49.5. The van der Waals surface area contributed by atoms with Gasteiger partial charge in [0.1, 0.15) is 22.3 Å². The van der Waals surface area contributed by atoms with Crippen molar-refractivity contribution >= 4 is 78.0 Å². The summed E-state index contributed by atoms with van der Waals surface area (Å²) in [6.45, 7) is 21.5. The Morgan fingerprint density at radius 1 is 0.221 bits per heavy atom. The molecule has 4 heteroatoms. The Morgan fingerprint density at radius 2 is 0.564 bits per heavy atom. The molecule has 1 spiro atoms. The van der Waals surface area contributed by atoms with Crippen LogP contribution in [0.5, 0.6) is 0 Å². The molecule has 20 aromatic carbocycles. The summed E-state index contributed by atoms with van der Waals surface area (Å²) in [4.78, 5) is 5.11. The van der Waals surface area contributed by atoms with Crippen LogP contribution in [-0.2, 0) is 38.9 Å². The Labute approximate surface area is 818 Å². The van der Waals surface area contributed by atoms with E-state index in [4.69, 9.17) is 8.83 Å². The number of furan rings is 2. The highest BCUT2D eigenvalue weighted by Gasteiger charge is 2.54. The minimum absolute atomic E-state index is 0.135. The van der Waals surface area contributed by atoms with Crippen molar-refractivity contribution in [3.05, 3.63) is 526 Å². The summed E-state index contributed by atoms with van der Waals surface area (Å²) >= 11 is 0. The molecule has 0 aliphatic heterocycles. The highest BCUT2D eigenvalue weighted by Crippen LogP contribution is 2.67. The Kier molecular flexibility index (Phi) is 18.3. The predicted molar refractivity (Wildman–Crippen MR) is 583 cm³/mol. The third-order valence-corrected chi connectivity index (χ3v) is 32.3. The molecule has 140 heavy (non-hydrogen) atoms. The molecule has 2 aromatic heterocycles. The zero-order valence-electron chi connectivity index (χ0n) is 80.1. The van der Waals surface area contributed by atoms with Crippen molar-refractivity contribution < 1.29 is 8.83 Å². The maximum Gasteiger partial charge on any atom is 0.143 e. The lowest BCUT2D eigenvalue weighted by atomic mass is 9.68. The van der Waals surface area contributed by atoms with Gasteiger partial charge < -0.3 is 18.6 Å². The first-order chi connectivity index (χ1) is 68.3. The number of para-hydroxylation sites is 7. The molecule has 0 fully saturated rings. The molecule has 0 radical (unpaired) electrons. The van der Waals surface area contributed by atoms with Crippen LogP contribution in [0.15, 0.2) is 452 Å². The molecule has 0 N–H and O–H groups in total. The number of fused-ring (bicyclic) bond motifs is 25. The van der Waals surface area contributed by atoms with Crippen LogP contribution in [0, 0.1) is 0 Å². The van der Waals surface area contributed by atoms with E-state index in [2.05, 4.69) is 515 Å². The fourth-order valence-electron chi connectivity index (χ4n) is 25.9. The van der Waals surface area contributed by atoms with E-state index in [-0.39, 0.29) is 21.7 Å². The van der Waals surface area contributed by atoms with Crippen molar-refractivity contribution in [1.82, 2.24) is 0 Å². The van der Waals surface area contributed by atoms with Crippen LogP contribution < -0.4 is 9.80 Å². The highest BCUT2D eigenvalue weighted by molar-refractivity contribution is 6.14. The summed E-state index contributed by atoms with van der Waals surface area (Å²) in [7, 11) is 0. The lowest BCUT2D eigenvalue weighted by molar-refractivity contribution is 0.521. The average molecular weight is 1800 g/mol. The smallest absolute Gasteiger partial charge is 0.143 e. The van der Waals surface area contributed by atoms with Gasteiger partial charge in [0.15, 0.2) is 0 Å². The molecule has 4 nitrogen and oxygen atoms in total. The second-order valence-electron chi connectivity index (χ2n) is 42.0. The summed E-state index contributed by atoms with van der Waals surface area (Å²) in [5.41, 5.74) is 48.5. The molecule has 0 amide bonds. The molecule has 1 unspecified atom stereocenters. The Bertz CT molecular complexity index is 8910. The van der Waals surface area contributed by atoms with Gasteiger partial charge in [-0.1, -0.05) is 444 Å². The van der Waals surface area contributed by atoms with Gasteiger partial charge in [0.25, 0.3) is 0 Å². The van der Waals surface area contributed by atoms with Gasteiger partial charge in [-0.05, 0) is 228 Å². The van der Waals surface area contributed by atoms with E-state index in [9.17, 15) is 0 Å². The van der Waals surface area contributed by atoms with Gasteiger partial charge in [0.05, 0.1) is 33.6 Å². The molecule has 5 aliphatic rings. The third kappa shape index (κ3) is 12.0. The van der Waals surface area contributed by atoms with E-state index in [1.165, 1.54) is 150 Å². The van der Waals surface area contributed by atoms with Gasteiger partial charge in [-0.2, -0.15) is 0 Å². The monoisotopic (exact) mass is 1790 g/mol. The maximum absolute atomic E-state index is 7.57. The molecule has 5 aliphatic carbocycles. The highest BCUT2D eigenvalue weighted by atomic mass is 16.3. The van der Waals surface area contributed by atoms with Gasteiger partial charge in [-0.25, -0.2) is 0 Å². The largest absolute Gasteiger partial charge is 0.455 e. The van der Waals surface area contributed by atoms with Gasteiger partial charge in [-0.3, -0.25) is 0 Å². The summed E-state index contributed by atoms with van der Waals surface area (Å²) < 4.78 is 14.6. The van der Waals surface area contributed by atoms with Crippen LogP contribution >= 0.6 is 0 Å². The van der Waals surface area contributed by atoms with E-state index in [1.807, 2.05) is 0 Å². The van der Waals surface area contributed by atoms with Crippen molar-refractivity contribution in [3.63, 3.8) is 0 Å². The third-order valence-electron chi connectivity index (χ3n) is 32.3. The van der Waals surface area contributed by atoms with Crippen LogP contribution in [0.3, 0.4) is 0 Å².